The van der Waals surface area contributed by atoms with Gasteiger partial charge in [-0.15, -0.1) is 0 Å². The first kappa shape index (κ1) is 15.9. The van der Waals surface area contributed by atoms with Gasteiger partial charge in [0.05, 0.1) is 28.1 Å². The van der Waals surface area contributed by atoms with Crippen LogP contribution in [-0.2, 0) is 5.41 Å². The monoisotopic (exact) mass is 282 g/mol. The SMILES string of the molecule is COc1c(C)c([N+](=O)[O-])c(C(C)(C)C)c([N+](=O)[O-])c1C. The van der Waals surface area contributed by atoms with E-state index in [-0.39, 0.29) is 22.7 Å². The van der Waals surface area contributed by atoms with Crippen LogP contribution in [0.25, 0.3) is 0 Å². The maximum Gasteiger partial charge on any atom is 0.286 e. The molecular weight excluding hydrogens is 264 g/mol. The van der Waals surface area contributed by atoms with Gasteiger partial charge in [0, 0.05) is 5.41 Å². The zero-order valence-corrected chi connectivity index (χ0v) is 12.4. The predicted molar refractivity (Wildman–Crippen MR) is 74.5 cm³/mol. The van der Waals surface area contributed by atoms with E-state index in [4.69, 9.17) is 4.74 Å². The van der Waals surface area contributed by atoms with Crippen LogP contribution in [0.5, 0.6) is 5.75 Å². The van der Waals surface area contributed by atoms with E-state index in [0.717, 1.165) is 0 Å². The Hall–Kier alpha value is -2.18. The van der Waals surface area contributed by atoms with Crippen LogP contribution in [0.15, 0.2) is 0 Å². The predicted octanol–water partition coefficient (Wildman–Crippen LogP) is 3.43. The smallest absolute Gasteiger partial charge is 0.286 e. The Morgan fingerprint density at radius 2 is 1.30 bits per heavy atom. The second-order valence-electron chi connectivity index (χ2n) is 5.62. The van der Waals surface area contributed by atoms with Crippen LogP contribution >= 0.6 is 0 Å². The van der Waals surface area contributed by atoms with Crippen molar-refractivity contribution in [3.8, 4) is 5.75 Å². The van der Waals surface area contributed by atoms with Crippen molar-refractivity contribution in [2.24, 2.45) is 0 Å². The lowest BCUT2D eigenvalue weighted by Crippen LogP contribution is -2.19. The molecule has 7 heteroatoms. The summed E-state index contributed by atoms with van der Waals surface area (Å²) < 4.78 is 5.12. The molecule has 0 radical (unpaired) electrons. The van der Waals surface area contributed by atoms with Gasteiger partial charge in [0.25, 0.3) is 11.4 Å². The highest BCUT2D eigenvalue weighted by Gasteiger charge is 2.39. The van der Waals surface area contributed by atoms with Gasteiger partial charge in [-0.25, -0.2) is 0 Å². The molecule has 1 aromatic rings. The summed E-state index contributed by atoms with van der Waals surface area (Å²) in [6, 6.07) is 0. The molecule has 0 spiro atoms. The number of ether oxygens (including phenoxy) is 1. The van der Waals surface area contributed by atoms with E-state index in [2.05, 4.69) is 0 Å². The van der Waals surface area contributed by atoms with Crippen LogP contribution in [0, 0.1) is 34.1 Å². The number of hydrogen-bond donors (Lipinski definition) is 0. The van der Waals surface area contributed by atoms with Crippen molar-refractivity contribution in [1.29, 1.82) is 0 Å². The average molecular weight is 282 g/mol. The van der Waals surface area contributed by atoms with E-state index in [1.54, 1.807) is 34.6 Å². The largest absolute Gasteiger partial charge is 0.496 e. The molecular formula is C13H18N2O5. The Morgan fingerprint density at radius 1 is 0.950 bits per heavy atom. The summed E-state index contributed by atoms with van der Waals surface area (Å²) in [4.78, 5) is 21.6. The van der Waals surface area contributed by atoms with Crippen molar-refractivity contribution in [1.82, 2.24) is 0 Å². The lowest BCUT2D eigenvalue weighted by molar-refractivity contribution is -0.397. The van der Waals surface area contributed by atoms with Gasteiger partial charge in [0.2, 0.25) is 0 Å². The van der Waals surface area contributed by atoms with Gasteiger partial charge in [-0.05, 0) is 13.8 Å². The minimum Gasteiger partial charge on any atom is -0.496 e. The minimum atomic E-state index is -0.730. The molecule has 0 saturated heterocycles. The molecule has 0 aliphatic rings. The summed E-state index contributed by atoms with van der Waals surface area (Å²) >= 11 is 0. The maximum absolute atomic E-state index is 11.4. The summed E-state index contributed by atoms with van der Waals surface area (Å²) in [5, 5.41) is 22.7. The standard InChI is InChI=1S/C13H18N2O5/c1-7-10(14(16)17)9(13(3,4)5)11(15(18)19)8(2)12(7)20-6/h1-6H3. The molecule has 0 unspecified atom stereocenters. The molecule has 20 heavy (non-hydrogen) atoms. The van der Waals surface area contributed by atoms with Crippen LogP contribution in [0.2, 0.25) is 0 Å². The number of rotatable bonds is 3. The van der Waals surface area contributed by atoms with Gasteiger partial charge < -0.3 is 4.74 Å². The highest BCUT2D eigenvalue weighted by Crippen LogP contribution is 2.47. The van der Waals surface area contributed by atoms with E-state index >= 15 is 0 Å². The lowest BCUT2D eigenvalue weighted by atomic mass is 9.81. The van der Waals surface area contributed by atoms with Crippen LogP contribution in [0.1, 0.15) is 37.5 Å². The third-order valence-electron chi connectivity index (χ3n) is 3.18. The third kappa shape index (κ3) is 2.43. The summed E-state index contributed by atoms with van der Waals surface area (Å²) in [6.45, 7) is 8.24. The summed E-state index contributed by atoms with van der Waals surface area (Å²) in [6.07, 6.45) is 0. The molecule has 1 aromatic carbocycles. The molecule has 0 saturated carbocycles. The maximum atomic E-state index is 11.4. The molecule has 0 aliphatic carbocycles. The second-order valence-corrected chi connectivity index (χ2v) is 5.62. The fraction of sp³-hybridized carbons (Fsp3) is 0.538. The third-order valence-corrected chi connectivity index (χ3v) is 3.18. The number of methoxy groups -OCH3 is 1. The topological polar surface area (TPSA) is 95.5 Å². The molecule has 0 atom stereocenters. The molecule has 0 aliphatic heterocycles. The highest BCUT2D eigenvalue weighted by atomic mass is 16.6. The number of nitro benzene ring substituents is 2. The molecule has 0 fully saturated rings. The fourth-order valence-electron chi connectivity index (χ4n) is 2.46. The van der Waals surface area contributed by atoms with Gasteiger partial charge in [-0.1, -0.05) is 20.8 Å². The molecule has 0 heterocycles. The molecule has 0 amide bonds. The minimum absolute atomic E-state index is 0.128. The summed E-state index contributed by atoms with van der Waals surface area (Å²) in [7, 11) is 1.35. The first-order chi connectivity index (χ1) is 9.03. The van der Waals surface area contributed by atoms with E-state index in [1.807, 2.05) is 0 Å². The lowest BCUT2D eigenvalue weighted by Gasteiger charge is -2.22. The van der Waals surface area contributed by atoms with Crippen molar-refractivity contribution in [3.63, 3.8) is 0 Å². The van der Waals surface area contributed by atoms with Crippen molar-refractivity contribution in [2.45, 2.75) is 40.0 Å². The Balaban J connectivity index is 4.06. The van der Waals surface area contributed by atoms with Gasteiger partial charge in [-0.2, -0.15) is 0 Å². The van der Waals surface area contributed by atoms with Gasteiger partial charge in [-0.3, -0.25) is 20.2 Å². The van der Waals surface area contributed by atoms with Crippen LogP contribution in [0.3, 0.4) is 0 Å². The fourth-order valence-corrected chi connectivity index (χ4v) is 2.46. The highest BCUT2D eigenvalue weighted by molar-refractivity contribution is 5.70. The van der Waals surface area contributed by atoms with Crippen molar-refractivity contribution in [2.75, 3.05) is 7.11 Å². The van der Waals surface area contributed by atoms with Crippen molar-refractivity contribution < 1.29 is 14.6 Å². The Morgan fingerprint density at radius 3 is 1.50 bits per heavy atom. The van der Waals surface area contributed by atoms with Crippen LogP contribution in [-0.4, -0.2) is 17.0 Å². The number of hydrogen-bond acceptors (Lipinski definition) is 5. The summed E-state index contributed by atoms with van der Waals surface area (Å²) in [5.74, 6) is 0.191. The normalized spacial score (nSPS) is 11.3. The van der Waals surface area contributed by atoms with Crippen LogP contribution in [0.4, 0.5) is 11.4 Å². The first-order valence-electron chi connectivity index (χ1n) is 6.04. The van der Waals surface area contributed by atoms with E-state index < -0.39 is 15.3 Å². The quantitative estimate of drug-likeness (QED) is 0.625. The molecule has 0 bridgehead atoms. The Labute approximate surface area is 116 Å². The van der Waals surface area contributed by atoms with Crippen LogP contribution < -0.4 is 4.74 Å². The molecule has 0 N–H and O–H groups in total. The Kier molecular flexibility index (Phi) is 4.02. The Bertz CT molecular complexity index is 546. The van der Waals surface area contributed by atoms with Gasteiger partial charge >= 0.3 is 0 Å². The molecule has 7 nitrogen and oxygen atoms in total. The van der Waals surface area contributed by atoms with Crippen molar-refractivity contribution in [3.05, 3.63) is 36.9 Å². The van der Waals surface area contributed by atoms with E-state index in [9.17, 15) is 20.2 Å². The number of nitro groups is 2. The van der Waals surface area contributed by atoms with Gasteiger partial charge in [0.15, 0.2) is 0 Å². The van der Waals surface area contributed by atoms with E-state index in [0.29, 0.717) is 11.1 Å². The molecule has 110 valence electrons. The van der Waals surface area contributed by atoms with Gasteiger partial charge in [0.1, 0.15) is 11.3 Å². The zero-order valence-electron chi connectivity index (χ0n) is 12.4. The number of nitrogens with zero attached hydrogens (tertiary/aromatic N) is 2. The number of benzene rings is 1. The summed E-state index contributed by atoms with van der Waals surface area (Å²) in [5.41, 5.74) is -0.468. The average Bonchev–Trinajstić information content (AvgIpc) is 2.26. The van der Waals surface area contributed by atoms with Crippen molar-refractivity contribution >= 4 is 11.4 Å². The molecule has 0 aromatic heterocycles. The zero-order chi connectivity index (χ0) is 15.8. The first-order valence-corrected chi connectivity index (χ1v) is 6.04. The molecule has 1 rings (SSSR count). The van der Waals surface area contributed by atoms with E-state index in [1.165, 1.54) is 7.11 Å². The second kappa shape index (κ2) is 5.07.